The van der Waals surface area contributed by atoms with Gasteiger partial charge in [-0.05, 0) is 43.9 Å². The van der Waals surface area contributed by atoms with E-state index >= 15 is 0 Å². The molecule has 0 saturated carbocycles. The summed E-state index contributed by atoms with van der Waals surface area (Å²) in [5.74, 6) is 0.874. The number of nitrogens with zero attached hydrogens (tertiary/aromatic N) is 1. The lowest BCUT2D eigenvalue weighted by Crippen LogP contribution is -2.43. The lowest BCUT2D eigenvalue weighted by Gasteiger charge is -2.26. The van der Waals surface area contributed by atoms with Gasteiger partial charge in [0.05, 0.1) is 11.7 Å². The Bertz CT molecular complexity index is 525. The van der Waals surface area contributed by atoms with Crippen LogP contribution < -0.4 is 11.1 Å². The summed E-state index contributed by atoms with van der Waals surface area (Å²) in [4.78, 5) is 18.3. The Balaban J connectivity index is 1.61. The van der Waals surface area contributed by atoms with Gasteiger partial charge in [0.1, 0.15) is 0 Å². The van der Waals surface area contributed by atoms with Gasteiger partial charge in [-0.2, -0.15) is 0 Å². The molecule has 1 aliphatic carbocycles. The van der Waals surface area contributed by atoms with E-state index in [2.05, 4.69) is 17.2 Å². The first-order valence-corrected chi connectivity index (χ1v) is 9.11. The van der Waals surface area contributed by atoms with E-state index in [0.717, 1.165) is 31.6 Å². The lowest BCUT2D eigenvalue weighted by atomic mass is 9.89. The first-order valence-electron chi connectivity index (χ1n) is 8.30. The molecule has 5 nitrogen and oxygen atoms in total. The Hall–Kier alpha value is -0.980. The van der Waals surface area contributed by atoms with Gasteiger partial charge in [0.2, 0.25) is 5.91 Å². The van der Waals surface area contributed by atoms with Crippen molar-refractivity contribution < 1.29 is 9.53 Å². The molecule has 122 valence electrons. The summed E-state index contributed by atoms with van der Waals surface area (Å²) in [6, 6.07) is -0.465. The smallest absolute Gasteiger partial charge is 0.243 e. The van der Waals surface area contributed by atoms with Gasteiger partial charge < -0.3 is 15.8 Å². The number of anilines is 1. The number of carbonyl (C=O) groups excluding carboxylic acids is 1. The minimum Gasteiger partial charge on any atom is -0.381 e. The topological polar surface area (TPSA) is 77.2 Å². The second-order valence-electron chi connectivity index (χ2n) is 6.37. The van der Waals surface area contributed by atoms with Gasteiger partial charge in [-0.1, -0.05) is 13.3 Å². The van der Waals surface area contributed by atoms with Crippen LogP contribution in [0.2, 0.25) is 0 Å². The van der Waals surface area contributed by atoms with Crippen LogP contribution in [-0.4, -0.2) is 30.1 Å². The molecule has 2 unspecified atom stereocenters. The van der Waals surface area contributed by atoms with Crippen molar-refractivity contribution in [2.45, 2.75) is 51.5 Å². The SMILES string of the molecule is CCC1CCc2nc(NC(=O)C(N)C3CCOCC3)sc2C1. The molecule has 3 N–H and O–H groups in total. The largest absolute Gasteiger partial charge is 0.381 e. The number of carbonyl (C=O) groups is 1. The number of hydrogen-bond donors (Lipinski definition) is 2. The summed E-state index contributed by atoms with van der Waals surface area (Å²) in [5, 5.41) is 3.65. The van der Waals surface area contributed by atoms with Gasteiger partial charge in [0, 0.05) is 18.1 Å². The molecule has 0 radical (unpaired) electrons. The van der Waals surface area contributed by atoms with Crippen LogP contribution in [0.15, 0.2) is 0 Å². The maximum atomic E-state index is 12.3. The minimum atomic E-state index is -0.465. The number of amides is 1. The average Bonchev–Trinajstić information content (AvgIpc) is 2.95. The summed E-state index contributed by atoms with van der Waals surface area (Å²) in [6.45, 7) is 3.65. The molecule has 0 bridgehead atoms. The van der Waals surface area contributed by atoms with Gasteiger partial charge >= 0.3 is 0 Å². The number of fused-ring (bicyclic) bond motifs is 1. The molecular weight excluding hydrogens is 298 g/mol. The molecule has 6 heteroatoms. The number of thiazole rings is 1. The molecule has 1 amide bonds. The van der Waals surface area contributed by atoms with Crippen molar-refractivity contribution in [3.8, 4) is 0 Å². The minimum absolute atomic E-state index is 0.106. The van der Waals surface area contributed by atoms with Gasteiger partial charge in [-0.3, -0.25) is 4.79 Å². The Labute approximate surface area is 135 Å². The third-order valence-corrected chi connectivity index (χ3v) is 5.96. The number of aromatic nitrogens is 1. The molecule has 2 atom stereocenters. The zero-order valence-corrected chi connectivity index (χ0v) is 14.0. The zero-order chi connectivity index (χ0) is 15.5. The van der Waals surface area contributed by atoms with Crippen LogP contribution >= 0.6 is 11.3 Å². The highest BCUT2D eigenvalue weighted by atomic mass is 32.1. The molecule has 2 aliphatic rings. The number of rotatable bonds is 4. The van der Waals surface area contributed by atoms with E-state index in [4.69, 9.17) is 10.5 Å². The summed E-state index contributed by atoms with van der Waals surface area (Å²) < 4.78 is 5.33. The van der Waals surface area contributed by atoms with E-state index in [9.17, 15) is 4.79 Å². The third kappa shape index (κ3) is 3.50. The highest BCUT2D eigenvalue weighted by molar-refractivity contribution is 7.15. The fraction of sp³-hybridized carbons (Fsp3) is 0.750. The van der Waals surface area contributed by atoms with Crippen LogP contribution in [0.4, 0.5) is 5.13 Å². The molecule has 1 saturated heterocycles. The normalized spacial score (nSPS) is 23.8. The first kappa shape index (κ1) is 15.9. The maximum absolute atomic E-state index is 12.3. The molecule has 22 heavy (non-hydrogen) atoms. The number of nitrogens with one attached hydrogen (secondary N) is 1. The highest BCUT2D eigenvalue weighted by Crippen LogP contribution is 2.33. The Morgan fingerprint density at radius 3 is 2.95 bits per heavy atom. The number of hydrogen-bond acceptors (Lipinski definition) is 5. The fourth-order valence-electron chi connectivity index (χ4n) is 3.32. The Morgan fingerprint density at radius 1 is 1.45 bits per heavy atom. The van der Waals surface area contributed by atoms with Gasteiger partial charge in [-0.15, -0.1) is 11.3 Å². The van der Waals surface area contributed by atoms with Crippen LogP contribution in [0.1, 0.15) is 43.2 Å². The van der Waals surface area contributed by atoms with E-state index < -0.39 is 6.04 Å². The number of ether oxygens (including phenoxy) is 1. The molecule has 1 aliphatic heterocycles. The highest BCUT2D eigenvalue weighted by Gasteiger charge is 2.28. The standard InChI is InChI=1S/C16H25N3O2S/c1-2-10-3-4-12-13(9-10)22-16(18-12)19-15(20)14(17)11-5-7-21-8-6-11/h10-11,14H,2-9,17H2,1H3,(H,18,19,20). The van der Waals surface area contributed by atoms with Gasteiger partial charge in [0.25, 0.3) is 0 Å². The summed E-state index contributed by atoms with van der Waals surface area (Å²) in [7, 11) is 0. The molecule has 1 fully saturated rings. The van der Waals surface area contributed by atoms with Crippen molar-refractivity contribution >= 4 is 22.4 Å². The van der Waals surface area contributed by atoms with Crippen molar-refractivity contribution in [2.75, 3.05) is 18.5 Å². The van der Waals surface area contributed by atoms with Crippen molar-refractivity contribution in [1.29, 1.82) is 0 Å². The predicted octanol–water partition coefficient (Wildman–Crippen LogP) is 2.35. The quantitative estimate of drug-likeness (QED) is 0.891. The van der Waals surface area contributed by atoms with E-state index in [1.807, 2.05) is 0 Å². The second-order valence-corrected chi connectivity index (χ2v) is 7.45. The fourth-order valence-corrected chi connectivity index (χ4v) is 4.45. The van der Waals surface area contributed by atoms with Crippen LogP contribution in [0.3, 0.4) is 0 Å². The number of aryl methyl sites for hydroxylation is 1. The molecular formula is C16H25N3O2S. The maximum Gasteiger partial charge on any atom is 0.243 e. The van der Waals surface area contributed by atoms with Crippen molar-refractivity contribution in [3.05, 3.63) is 10.6 Å². The molecule has 1 aromatic heterocycles. The van der Waals surface area contributed by atoms with E-state index in [-0.39, 0.29) is 11.8 Å². The monoisotopic (exact) mass is 323 g/mol. The van der Waals surface area contributed by atoms with Gasteiger partial charge in [0.15, 0.2) is 5.13 Å². The summed E-state index contributed by atoms with van der Waals surface area (Å²) >= 11 is 1.62. The first-order chi connectivity index (χ1) is 10.7. The second kappa shape index (κ2) is 7.06. The predicted molar refractivity (Wildman–Crippen MR) is 88.1 cm³/mol. The van der Waals surface area contributed by atoms with Crippen molar-refractivity contribution in [2.24, 2.45) is 17.6 Å². The Morgan fingerprint density at radius 2 is 2.23 bits per heavy atom. The average molecular weight is 323 g/mol. The molecule has 2 heterocycles. The van der Waals surface area contributed by atoms with E-state index in [0.29, 0.717) is 18.3 Å². The summed E-state index contributed by atoms with van der Waals surface area (Å²) in [5.41, 5.74) is 7.29. The molecule has 0 aromatic carbocycles. The molecule has 3 rings (SSSR count). The molecule has 1 aromatic rings. The van der Waals surface area contributed by atoms with Crippen molar-refractivity contribution in [3.63, 3.8) is 0 Å². The van der Waals surface area contributed by atoms with Crippen LogP contribution in [-0.2, 0) is 22.4 Å². The summed E-state index contributed by atoms with van der Waals surface area (Å²) in [6.07, 6.45) is 6.29. The van der Waals surface area contributed by atoms with Crippen molar-refractivity contribution in [1.82, 2.24) is 4.98 Å². The molecule has 0 spiro atoms. The van der Waals surface area contributed by atoms with Crippen LogP contribution in [0.25, 0.3) is 0 Å². The van der Waals surface area contributed by atoms with Crippen LogP contribution in [0.5, 0.6) is 0 Å². The van der Waals surface area contributed by atoms with E-state index in [1.54, 1.807) is 11.3 Å². The number of nitrogens with two attached hydrogens (primary N) is 1. The Kier molecular flexibility index (Phi) is 5.10. The third-order valence-electron chi connectivity index (χ3n) is 4.93. The lowest BCUT2D eigenvalue weighted by molar-refractivity contribution is -0.119. The van der Waals surface area contributed by atoms with Crippen LogP contribution in [0, 0.1) is 11.8 Å². The zero-order valence-electron chi connectivity index (χ0n) is 13.1. The van der Waals surface area contributed by atoms with Gasteiger partial charge in [-0.25, -0.2) is 4.98 Å². The van der Waals surface area contributed by atoms with E-state index in [1.165, 1.54) is 23.4 Å².